The van der Waals surface area contributed by atoms with Crippen molar-refractivity contribution < 1.29 is 27.6 Å². The number of hydrogen-bond acceptors (Lipinski definition) is 7. The van der Waals surface area contributed by atoms with E-state index in [1.807, 2.05) is 0 Å². The molecular weight excluding hydrogens is 386 g/mol. The molecule has 0 saturated carbocycles. The minimum atomic E-state index is -3.80. The summed E-state index contributed by atoms with van der Waals surface area (Å²) in [5.74, 6) is -0.408. The van der Waals surface area contributed by atoms with Crippen molar-refractivity contribution in [3.8, 4) is 5.75 Å². The number of nitrogens with zero attached hydrogens (tertiary/aromatic N) is 1. The maximum atomic E-state index is 12.0. The van der Waals surface area contributed by atoms with Crippen LogP contribution in [0.2, 0.25) is 5.02 Å². The second-order valence-electron chi connectivity index (χ2n) is 5.13. The van der Waals surface area contributed by atoms with Gasteiger partial charge in [-0.3, -0.25) is 10.1 Å². The van der Waals surface area contributed by atoms with Gasteiger partial charge in [-0.2, -0.15) is 0 Å². The number of esters is 1. The normalized spacial score (nSPS) is 11.0. The molecule has 138 valence electrons. The number of hydrogen-bond donors (Lipinski definition) is 0. The van der Waals surface area contributed by atoms with Crippen LogP contribution in [0.1, 0.15) is 10.4 Å². The zero-order valence-electron chi connectivity index (χ0n) is 13.5. The van der Waals surface area contributed by atoms with E-state index in [4.69, 9.17) is 21.1 Å². The maximum Gasteiger partial charge on any atom is 0.338 e. The third-order valence-electron chi connectivity index (χ3n) is 3.20. The molecule has 0 bridgehead atoms. The molecule has 0 atom stereocenters. The SMILES string of the molecule is CS(=O)(=O)c1ccc(C(=O)OCCOc2ccccc2Cl)cc1[N+](=O)[O-]. The second-order valence-corrected chi connectivity index (χ2v) is 7.52. The highest BCUT2D eigenvalue weighted by molar-refractivity contribution is 7.90. The summed E-state index contributed by atoms with van der Waals surface area (Å²) in [4.78, 5) is 21.7. The summed E-state index contributed by atoms with van der Waals surface area (Å²) in [6.45, 7) is -0.0926. The van der Waals surface area contributed by atoms with Gasteiger partial charge in [0.05, 0.1) is 15.5 Å². The molecule has 8 nitrogen and oxygen atoms in total. The van der Waals surface area contributed by atoms with Crippen molar-refractivity contribution in [2.75, 3.05) is 19.5 Å². The Kier molecular flexibility index (Phi) is 6.17. The summed E-state index contributed by atoms with van der Waals surface area (Å²) in [6, 6.07) is 9.79. The Labute approximate surface area is 154 Å². The van der Waals surface area contributed by atoms with Gasteiger partial charge in [0.1, 0.15) is 23.9 Å². The fraction of sp³-hybridized carbons (Fsp3) is 0.188. The second kappa shape index (κ2) is 8.15. The maximum absolute atomic E-state index is 12.0. The van der Waals surface area contributed by atoms with Crippen LogP contribution in [0.25, 0.3) is 0 Å². The fourth-order valence-electron chi connectivity index (χ4n) is 2.03. The van der Waals surface area contributed by atoms with E-state index >= 15 is 0 Å². The first-order chi connectivity index (χ1) is 12.2. The smallest absolute Gasteiger partial charge is 0.338 e. The highest BCUT2D eigenvalue weighted by Gasteiger charge is 2.24. The lowest BCUT2D eigenvalue weighted by Gasteiger charge is -2.09. The van der Waals surface area contributed by atoms with Crippen LogP contribution in [0.5, 0.6) is 5.75 Å². The van der Waals surface area contributed by atoms with E-state index in [1.54, 1.807) is 24.3 Å². The number of sulfone groups is 1. The van der Waals surface area contributed by atoms with Gasteiger partial charge in [-0.15, -0.1) is 0 Å². The summed E-state index contributed by atoms with van der Waals surface area (Å²) in [5, 5.41) is 11.5. The highest BCUT2D eigenvalue weighted by atomic mass is 35.5. The van der Waals surface area contributed by atoms with Gasteiger partial charge < -0.3 is 9.47 Å². The monoisotopic (exact) mass is 399 g/mol. The topological polar surface area (TPSA) is 113 Å². The largest absolute Gasteiger partial charge is 0.488 e. The molecule has 2 aromatic carbocycles. The number of halogens is 1. The Morgan fingerprint density at radius 1 is 1.19 bits per heavy atom. The Morgan fingerprint density at radius 2 is 1.88 bits per heavy atom. The molecule has 0 aliphatic rings. The number of carbonyl (C=O) groups is 1. The van der Waals surface area contributed by atoms with Crippen LogP contribution in [0.4, 0.5) is 5.69 Å². The summed E-state index contributed by atoms with van der Waals surface area (Å²) in [5.41, 5.74) is -0.823. The molecule has 0 spiro atoms. The summed E-state index contributed by atoms with van der Waals surface area (Å²) in [6.07, 6.45) is 0.847. The van der Waals surface area contributed by atoms with E-state index in [0.29, 0.717) is 10.8 Å². The first-order valence-corrected chi connectivity index (χ1v) is 9.50. The van der Waals surface area contributed by atoms with E-state index in [0.717, 1.165) is 24.5 Å². The van der Waals surface area contributed by atoms with Crippen LogP contribution in [0.3, 0.4) is 0 Å². The number of nitro benzene ring substituents is 1. The molecule has 10 heteroatoms. The average Bonchev–Trinajstić information content (AvgIpc) is 2.58. The molecule has 0 unspecified atom stereocenters. The third kappa shape index (κ3) is 4.93. The first-order valence-electron chi connectivity index (χ1n) is 7.23. The molecular formula is C16H14ClNO7S. The predicted molar refractivity (Wildman–Crippen MR) is 93.4 cm³/mol. The molecule has 0 aromatic heterocycles. The van der Waals surface area contributed by atoms with Crippen molar-refractivity contribution >= 4 is 33.1 Å². The van der Waals surface area contributed by atoms with Crippen molar-refractivity contribution in [2.24, 2.45) is 0 Å². The van der Waals surface area contributed by atoms with E-state index < -0.39 is 31.3 Å². The van der Waals surface area contributed by atoms with Crippen molar-refractivity contribution in [3.63, 3.8) is 0 Å². The minimum Gasteiger partial charge on any atom is -0.488 e. The molecule has 26 heavy (non-hydrogen) atoms. The average molecular weight is 400 g/mol. The lowest BCUT2D eigenvalue weighted by atomic mass is 10.2. The number of para-hydroxylation sites is 1. The zero-order valence-corrected chi connectivity index (χ0v) is 15.1. The molecule has 0 aliphatic heterocycles. The number of benzene rings is 2. The van der Waals surface area contributed by atoms with Gasteiger partial charge in [0, 0.05) is 12.3 Å². The van der Waals surface area contributed by atoms with Crippen LogP contribution in [0, 0.1) is 10.1 Å². The van der Waals surface area contributed by atoms with E-state index in [-0.39, 0.29) is 18.8 Å². The minimum absolute atomic E-state index is 0.0268. The molecule has 0 saturated heterocycles. The Balaban J connectivity index is 2.02. The lowest BCUT2D eigenvalue weighted by molar-refractivity contribution is -0.387. The van der Waals surface area contributed by atoms with E-state index in [2.05, 4.69) is 0 Å². The molecule has 0 amide bonds. The number of rotatable bonds is 7. The number of ether oxygens (including phenoxy) is 2. The predicted octanol–water partition coefficient (Wildman–Crippen LogP) is 2.89. The van der Waals surface area contributed by atoms with Crippen molar-refractivity contribution in [2.45, 2.75) is 4.90 Å². The van der Waals surface area contributed by atoms with Crippen LogP contribution in [0.15, 0.2) is 47.4 Å². The van der Waals surface area contributed by atoms with Gasteiger partial charge in [0.25, 0.3) is 5.69 Å². The van der Waals surface area contributed by atoms with Crippen LogP contribution < -0.4 is 4.74 Å². The molecule has 0 aliphatic carbocycles. The van der Waals surface area contributed by atoms with Crippen molar-refractivity contribution in [1.82, 2.24) is 0 Å². The fourth-order valence-corrected chi connectivity index (χ4v) is 3.05. The van der Waals surface area contributed by atoms with Crippen molar-refractivity contribution in [3.05, 3.63) is 63.2 Å². The van der Waals surface area contributed by atoms with Gasteiger partial charge in [-0.25, -0.2) is 13.2 Å². The third-order valence-corrected chi connectivity index (χ3v) is 4.66. The first kappa shape index (κ1) is 19.7. The summed E-state index contributed by atoms with van der Waals surface area (Å²) in [7, 11) is -3.80. The number of carbonyl (C=O) groups excluding carboxylic acids is 1. The Hall–Kier alpha value is -2.65. The molecule has 0 heterocycles. The Bertz CT molecular complexity index is 943. The van der Waals surface area contributed by atoms with Crippen LogP contribution in [-0.4, -0.2) is 38.8 Å². The van der Waals surface area contributed by atoms with Gasteiger partial charge in [-0.05, 0) is 24.3 Å². The quantitative estimate of drug-likeness (QED) is 0.304. The number of nitro groups is 1. The molecule has 0 radical (unpaired) electrons. The highest BCUT2D eigenvalue weighted by Crippen LogP contribution is 2.25. The van der Waals surface area contributed by atoms with E-state index in [9.17, 15) is 23.3 Å². The zero-order chi connectivity index (χ0) is 19.3. The Morgan fingerprint density at radius 3 is 2.50 bits per heavy atom. The van der Waals surface area contributed by atoms with Crippen LogP contribution >= 0.6 is 11.6 Å². The van der Waals surface area contributed by atoms with Gasteiger partial charge in [-0.1, -0.05) is 23.7 Å². The lowest BCUT2D eigenvalue weighted by Crippen LogP contribution is -2.13. The van der Waals surface area contributed by atoms with Crippen molar-refractivity contribution in [1.29, 1.82) is 0 Å². The van der Waals surface area contributed by atoms with Gasteiger partial charge in [0.15, 0.2) is 9.84 Å². The molecule has 2 rings (SSSR count). The van der Waals surface area contributed by atoms with Gasteiger partial charge in [0.2, 0.25) is 0 Å². The van der Waals surface area contributed by atoms with E-state index in [1.165, 1.54) is 0 Å². The standard InChI is InChI=1S/C16H14ClNO7S/c1-26(22,23)15-7-6-11(10-13(15)18(20)21)16(19)25-9-8-24-14-5-3-2-4-12(14)17/h2-7,10H,8-9H2,1H3. The molecule has 0 fully saturated rings. The summed E-state index contributed by atoms with van der Waals surface area (Å²) >= 11 is 5.91. The molecule has 2 aromatic rings. The summed E-state index contributed by atoms with van der Waals surface area (Å²) < 4.78 is 33.5. The van der Waals surface area contributed by atoms with Gasteiger partial charge >= 0.3 is 5.97 Å². The molecule has 0 N–H and O–H groups in total. The van der Waals surface area contributed by atoms with Crippen LogP contribution in [-0.2, 0) is 14.6 Å².